The molecule has 1 heterocycles. The number of esters is 1. The maximum absolute atomic E-state index is 12.9. The van der Waals surface area contributed by atoms with E-state index >= 15 is 0 Å². The first kappa shape index (κ1) is 20.3. The molecule has 2 atom stereocenters. The van der Waals surface area contributed by atoms with Crippen molar-refractivity contribution in [3.8, 4) is 0 Å². The largest absolute Gasteiger partial charge is 0.466 e. The van der Waals surface area contributed by atoms with Gasteiger partial charge in [0.05, 0.1) is 17.4 Å². The topological polar surface area (TPSA) is 66.9 Å². The minimum absolute atomic E-state index is 0.0843. The number of aryl methyl sites for hydroxylation is 1. The van der Waals surface area contributed by atoms with Gasteiger partial charge in [0.25, 0.3) is 0 Å². The molecule has 3 rings (SSSR count). The van der Waals surface area contributed by atoms with E-state index in [1.54, 1.807) is 16.4 Å². The van der Waals surface area contributed by atoms with Crippen LogP contribution < -0.4 is 0 Å². The maximum atomic E-state index is 12.9. The molecule has 1 aromatic carbocycles. The molecule has 150 valence electrons. The Balaban J connectivity index is 1.65. The van der Waals surface area contributed by atoms with Crippen molar-refractivity contribution < 1.29 is 17.9 Å². The van der Waals surface area contributed by atoms with Gasteiger partial charge in [-0.3, -0.25) is 9.69 Å². The predicted molar refractivity (Wildman–Crippen MR) is 104 cm³/mol. The highest BCUT2D eigenvalue weighted by molar-refractivity contribution is 7.89. The van der Waals surface area contributed by atoms with Crippen LogP contribution in [0.5, 0.6) is 0 Å². The van der Waals surface area contributed by atoms with Gasteiger partial charge in [0.2, 0.25) is 10.0 Å². The average Bonchev–Trinajstić information content (AvgIpc) is 2.68. The molecule has 2 aliphatic rings. The van der Waals surface area contributed by atoms with Gasteiger partial charge in [-0.15, -0.1) is 0 Å². The van der Waals surface area contributed by atoms with E-state index in [1.165, 1.54) is 0 Å². The third kappa shape index (κ3) is 4.52. The molecule has 0 unspecified atom stereocenters. The summed E-state index contributed by atoms with van der Waals surface area (Å²) in [7, 11) is -3.46. The van der Waals surface area contributed by atoms with E-state index in [2.05, 4.69) is 4.90 Å². The Morgan fingerprint density at radius 2 is 1.70 bits per heavy atom. The number of hydrogen-bond acceptors (Lipinski definition) is 5. The lowest BCUT2D eigenvalue weighted by Crippen LogP contribution is -2.55. The highest BCUT2D eigenvalue weighted by Gasteiger charge is 2.38. The summed E-state index contributed by atoms with van der Waals surface area (Å²) in [6, 6.07) is 7.18. The fourth-order valence-corrected chi connectivity index (χ4v) is 5.63. The van der Waals surface area contributed by atoms with Crippen molar-refractivity contribution in [3.63, 3.8) is 0 Å². The number of carbonyl (C=O) groups excluding carboxylic acids is 1. The fraction of sp³-hybridized carbons (Fsp3) is 0.650. The number of piperazine rings is 1. The van der Waals surface area contributed by atoms with Crippen LogP contribution in [-0.4, -0.2) is 62.4 Å². The second kappa shape index (κ2) is 8.71. The van der Waals surface area contributed by atoms with E-state index in [4.69, 9.17) is 4.74 Å². The van der Waals surface area contributed by atoms with Gasteiger partial charge in [0.1, 0.15) is 0 Å². The Morgan fingerprint density at radius 1 is 1.07 bits per heavy atom. The number of sulfonamides is 1. The van der Waals surface area contributed by atoms with E-state index in [-0.39, 0.29) is 17.9 Å². The molecule has 2 fully saturated rings. The molecule has 0 aromatic heterocycles. The molecule has 6 nitrogen and oxygen atoms in total. The number of nitrogens with zero attached hydrogens (tertiary/aromatic N) is 2. The van der Waals surface area contributed by atoms with Crippen LogP contribution in [0, 0.1) is 12.8 Å². The molecular weight excluding hydrogens is 364 g/mol. The summed E-state index contributed by atoms with van der Waals surface area (Å²) in [5.41, 5.74) is 1.04. The summed E-state index contributed by atoms with van der Waals surface area (Å²) < 4.78 is 32.6. The van der Waals surface area contributed by atoms with E-state index in [9.17, 15) is 13.2 Å². The zero-order valence-electron chi connectivity index (χ0n) is 16.3. The normalized spacial score (nSPS) is 25.3. The van der Waals surface area contributed by atoms with Crippen molar-refractivity contribution in [2.24, 2.45) is 5.92 Å². The number of ether oxygens (including phenoxy) is 1. The lowest BCUT2D eigenvalue weighted by atomic mass is 9.83. The second-order valence-corrected chi connectivity index (χ2v) is 9.40. The minimum atomic E-state index is -3.46. The van der Waals surface area contributed by atoms with Crippen LogP contribution >= 0.6 is 0 Å². The summed E-state index contributed by atoms with van der Waals surface area (Å²) in [5, 5.41) is 0. The van der Waals surface area contributed by atoms with Crippen molar-refractivity contribution in [3.05, 3.63) is 29.8 Å². The Morgan fingerprint density at radius 3 is 2.33 bits per heavy atom. The standard InChI is InChI=1S/C20H30N2O4S/c1-3-26-20(23)18-6-4-5-7-19(18)21-12-14-22(15-13-21)27(24,25)17-10-8-16(2)9-11-17/h8-11,18-19H,3-7,12-15H2,1-2H3/t18-,19-/m1/s1. The molecule has 1 saturated carbocycles. The first-order chi connectivity index (χ1) is 12.9. The zero-order chi connectivity index (χ0) is 19.4. The SMILES string of the molecule is CCOC(=O)[C@@H]1CCCC[C@H]1N1CCN(S(=O)(=O)c2ccc(C)cc2)CC1. The summed E-state index contributed by atoms with van der Waals surface area (Å²) in [5.74, 6) is -0.184. The van der Waals surface area contributed by atoms with Crippen molar-refractivity contribution in [2.45, 2.75) is 50.5 Å². The van der Waals surface area contributed by atoms with E-state index < -0.39 is 10.0 Å². The maximum Gasteiger partial charge on any atom is 0.310 e. The molecular formula is C20H30N2O4S. The fourth-order valence-electron chi connectivity index (χ4n) is 4.21. The summed E-state index contributed by atoms with van der Waals surface area (Å²) in [6.07, 6.45) is 4.02. The molecule has 1 aromatic rings. The molecule has 0 spiro atoms. The molecule has 27 heavy (non-hydrogen) atoms. The number of benzene rings is 1. The number of rotatable bonds is 5. The van der Waals surface area contributed by atoms with Gasteiger partial charge >= 0.3 is 5.97 Å². The highest BCUT2D eigenvalue weighted by atomic mass is 32.2. The molecule has 0 radical (unpaired) electrons. The van der Waals surface area contributed by atoms with Crippen molar-refractivity contribution in [1.29, 1.82) is 0 Å². The van der Waals surface area contributed by atoms with Gasteiger partial charge in [-0.2, -0.15) is 4.31 Å². The summed E-state index contributed by atoms with van der Waals surface area (Å²) >= 11 is 0. The molecule has 0 amide bonds. The predicted octanol–water partition coefficient (Wildman–Crippen LogP) is 2.42. The molecule has 0 bridgehead atoms. The average molecular weight is 395 g/mol. The lowest BCUT2D eigenvalue weighted by molar-refractivity contribution is -0.152. The Hall–Kier alpha value is -1.44. The van der Waals surface area contributed by atoms with Crippen LogP contribution in [0.3, 0.4) is 0 Å². The van der Waals surface area contributed by atoms with Crippen LogP contribution in [-0.2, 0) is 19.6 Å². The van der Waals surface area contributed by atoms with Gasteiger partial charge in [0.15, 0.2) is 0 Å². The quantitative estimate of drug-likeness (QED) is 0.718. The van der Waals surface area contributed by atoms with Crippen LogP contribution in [0.1, 0.15) is 38.2 Å². The third-order valence-corrected chi connectivity index (χ3v) is 7.63. The van der Waals surface area contributed by atoms with Gasteiger partial charge < -0.3 is 4.74 Å². The minimum Gasteiger partial charge on any atom is -0.466 e. The van der Waals surface area contributed by atoms with Gasteiger partial charge in [-0.05, 0) is 38.8 Å². The molecule has 1 aliphatic heterocycles. The van der Waals surface area contributed by atoms with Crippen LogP contribution in [0.15, 0.2) is 29.2 Å². The Kier molecular flexibility index (Phi) is 6.55. The Labute approximate surface area is 162 Å². The van der Waals surface area contributed by atoms with Gasteiger partial charge in [0, 0.05) is 32.2 Å². The number of carbonyl (C=O) groups is 1. The molecule has 7 heteroatoms. The summed E-state index contributed by atoms with van der Waals surface area (Å²) in [6.45, 7) is 6.43. The summed E-state index contributed by atoms with van der Waals surface area (Å²) in [4.78, 5) is 15.0. The highest BCUT2D eigenvalue weighted by Crippen LogP contribution is 2.31. The monoisotopic (exact) mass is 394 g/mol. The smallest absolute Gasteiger partial charge is 0.310 e. The van der Waals surface area contributed by atoms with Gasteiger partial charge in [-0.25, -0.2) is 8.42 Å². The first-order valence-electron chi connectivity index (χ1n) is 9.91. The van der Waals surface area contributed by atoms with Gasteiger partial charge in [-0.1, -0.05) is 30.5 Å². The third-order valence-electron chi connectivity index (χ3n) is 5.72. The lowest BCUT2D eigenvalue weighted by Gasteiger charge is -2.43. The van der Waals surface area contributed by atoms with Crippen LogP contribution in [0.25, 0.3) is 0 Å². The first-order valence-corrected chi connectivity index (χ1v) is 11.3. The number of hydrogen-bond donors (Lipinski definition) is 0. The van der Waals surface area contributed by atoms with Crippen molar-refractivity contribution in [2.75, 3.05) is 32.8 Å². The van der Waals surface area contributed by atoms with E-state index in [0.717, 1.165) is 31.2 Å². The van der Waals surface area contributed by atoms with E-state index in [1.807, 2.05) is 26.0 Å². The molecule has 1 saturated heterocycles. The molecule has 1 aliphatic carbocycles. The Bertz CT molecular complexity index is 740. The second-order valence-electron chi connectivity index (χ2n) is 7.46. The van der Waals surface area contributed by atoms with Crippen molar-refractivity contribution in [1.82, 2.24) is 9.21 Å². The van der Waals surface area contributed by atoms with Crippen LogP contribution in [0.2, 0.25) is 0 Å². The van der Waals surface area contributed by atoms with E-state index in [0.29, 0.717) is 37.7 Å². The molecule has 0 N–H and O–H groups in total. The zero-order valence-corrected chi connectivity index (χ0v) is 17.1. The van der Waals surface area contributed by atoms with Crippen LogP contribution in [0.4, 0.5) is 0 Å². The van der Waals surface area contributed by atoms with Crippen molar-refractivity contribution >= 4 is 16.0 Å².